The van der Waals surface area contributed by atoms with Crippen molar-refractivity contribution in [2.24, 2.45) is 5.10 Å². The lowest BCUT2D eigenvalue weighted by atomic mass is 9.84. The Morgan fingerprint density at radius 1 is 0.897 bits per heavy atom. The van der Waals surface area contributed by atoms with Gasteiger partial charge in [-0.2, -0.15) is 5.10 Å². The summed E-state index contributed by atoms with van der Waals surface area (Å²) in [6.45, 7) is 0.946. The maximum absolute atomic E-state index is 5.89. The highest BCUT2D eigenvalue weighted by molar-refractivity contribution is 5.83. The topological polar surface area (TPSA) is 61.5 Å². The fourth-order valence-corrected chi connectivity index (χ4v) is 3.69. The molecule has 3 aromatic rings. The molecule has 150 valence electrons. The molecule has 0 spiro atoms. The molecule has 29 heavy (non-hydrogen) atoms. The summed E-state index contributed by atoms with van der Waals surface area (Å²) >= 11 is 0. The van der Waals surface area contributed by atoms with Gasteiger partial charge in [0.1, 0.15) is 37.4 Å². The SMILES string of the molecule is C(=N\n1cnnc1)/c1ccccc1OCCOc1ccc(C2CCCCC2)cc1. The Hall–Kier alpha value is -3.15. The van der Waals surface area contributed by atoms with E-state index in [-0.39, 0.29) is 0 Å². The number of rotatable bonds is 8. The third-order valence-electron chi connectivity index (χ3n) is 5.22. The molecule has 1 saturated carbocycles. The summed E-state index contributed by atoms with van der Waals surface area (Å²) in [5.41, 5.74) is 2.33. The maximum atomic E-state index is 5.89. The van der Waals surface area contributed by atoms with Crippen molar-refractivity contribution in [1.82, 2.24) is 14.9 Å². The summed E-state index contributed by atoms with van der Waals surface area (Å²) < 4.78 is 13.3. The largest absolute Gasteiger partial charge is 0.490 e. The van der Waals surface area contributed by atoms with E-state index in [4.69, 9.17) is 9.47 Å². The average molecular weight is 390 g/mol. The summed E-state index contributed by atoms with van der Waals surface area (Å²) in [5.74, 6) is 2.37. The van der Waals surface area contributed by atoms with Crippen LogP contribution in [0.2, 0.25) is 0 Å². The summed E-state index contributed by atoms with van der Waals surface area (Å²) in [5, 5.41) is 11.7. The van der Waals surface area contributed by atoms with Gasteiger partial charge < -0.3 is 9.47 Å². The Bertz CT molecular complexity index is 901. The molecule has 0 N–H and O–H groups in total. The molecule has 0 unspecified atom stereocenters. The van der Waals surface area contributed by atoms with E-state index in [1.54, 1.807) is 6.21 Å². The summed E-state index contributed by atoms with van der Waals surface area (Å²) in [4.78, 5) is 0. The van der Waals surface area contributed by atoms with Gasteiger partial charge in [-0.3, -0.25) is 0 Å². The van der Waals surface area contributed by atoms with E-state index in [1.165, 1.54) is 55.0 Å². The lowest BCUT2D eigenvalue weighted by molar-refractivity contribution is 0.217. The number of ether oxygens (including phenoxy) is 2. The second-order valence-electron chi connectivity index (χ2n) is 7.23. The lowest BCUT2D eigenvalue weighted by Crippen LogP contribution is -2.10. The molecule has 1 aliphatic carbocycles. The van der Waals surface area contributed by atoms with Gasteiger partial charge in [0.2, 0.25) is 0 Å². The number of hydrogen-bond acceptors (Lipinski definition) is 5. The molecule has 6 nitrogen and oxygen atoms in total. The fourth-order valence-electron chi connectivity index (χ4n) is 3.69. The quantitative estimate of drug-likeness (QED) is 0.414. The Morgan fingerprint density at radius 2 is 1.62 bits per heavy atom. The van der Waals surface area contributed by atoms with Gasteiger partial charge in [0.05, 0.1) is 6.21 Å². The van der Waals surface area contributed by atoms with Crippen LogP contribution in [0.25, 0.3) is 0 Å². The highest BCUT2D eigenvalue weighted by atomic mass is 16.5. The first-order chi connectivity index (χ1) is 14.4. The number of hydrogen-bond donors (Lipinski definition) is 0. The summed E-state index contributed by atoms with van der Waals surface area (Å²) in [6, 6.07) is 16.3. The second kappa shape index (κ2) is 9.87. The third-order valence-corrected chi connectivity index (χ3v) is 5.22. The first kappa shape index (κ1) is 19.2. The molecule has 1 heterocycles. The highest BCUT2D eigenvalue weighted by Gasteiger charge is 2.15. The molecule has 1 aromatic heterocycles. The molecule has 2 aromatic carbocycles. The van der Waals surface area contributed by atoms with Crippen LogP contribution in [0.5, 0.6) is 11.5 Å². The number of benzene rings is 2. The Labute approximate surface area is 171 Å². The summed E-state index contributed by atoms with van der Waals surface area (Å²) in [7, 11) is 0. The van der Waals surface area contributed by atoms with E-state index in [1.807, 2.05) is 24.3 Å². The first-order valence-electron chi connectivity index (χ1n) is 10.2. The molecule has 0 atom stereocenters. The van der Waals surface area contributed by atoms with Crippen molar-refractivity contribution in [2.45, 2.75) is 38.0 Å². The average Bonchev–Trinajstić information content (AvgIpc) is 3.31. The van der Waals surface area contributed by atoms with E-state index >= 15 is 0 Å². The van der Waals surface area contributed by atoms with E-state index in [9.17, 15) is 0 Å². The van der Waals surface area contributed by atoms with E-state index < -0.39 is 0 Å². The van der Waals surface area contributed by atoms with Crippen molar-refractivity contribution >= 4 is 6.21 Å². The van der Waals surface area contributed by atoms with Crippen LogP contribution >= 0.6 is 0 Å². The van der Waals surface area contributed by atoms with E-state index in [0.717, 1.165) is 23.0 Å². The molecule has 1 aliphatic rings. The molecule has 1 fully saturated rings. The predicted molar refractivity (Wildman–Crippen MR) is 113 cm³/mol. The maximum Gasteiger partial charge on any atom is 0.141 e. The van der Waals surface area contributed by atoms with Crippen LogP contribution < -0.4 is 9.47 Å². The predicted octanol–water partition coefficient (Wildman–Crippen LogP) is 4.67. The second-order valence-corrected chi connectivity index (χ2v) is 7.23. The lowest BCUT2D eigenvalue weighted by Gasteiger charge is -2.22. The minimum Gasteiger partial charge on any atom is -0.490 e. The van der Waals surface area contributed by atoms with Crippen LogP contribution in [0.15, 0.2) is 66.3 Å². The van der Waals surface area contributed by atoms with Gasteiger partial charge in [0.25, 0.3) is 0 Å². The normalized spacial score (nSPS) is 14.9. The van der Waals surface area contributed by atoms with Crippen LogP contribution in [0, 0.1) is 0 Å². The zero-order valence-corrected chi connectivity index (χ0v) is 16.5. The molecule has 0 radical (unpaired) electrons. The molecule has 0 saturated heterocycles. The van der Waals surface area contributed by atoms with Crippen molar-refractivity contribution in [3.8, 4) is 11.5 Å². The number of para-hydroxylation sites is 1. The van der Waals surface area contributed by atoms with Crippen molar-refractivity contribution in [3.05, 3.63) is 72.3 Å². The van der Waals surface area contributed by atoms with Gasteiger partial charge in [-0.05, 0) is 48.6 Å². The minimum absolute atomic E-state index is 0.460. The Balaban J connectivity index is 1.26. The van der Waals surface area contributed by atoms with Crippen molar-refractivity contribution in [1.29, 1.82) is 0 Å². The molecular formula is C23H26N4O2. The van der Waals surface area contributed by atoms with Crippen molar-refractivity contribution in [3.63, 3.8) is 0 Å². The number of aromatic nitrogens is 3. The first-order valence-corrected chi connectivity index (χ1v) is 10.2. The van der Waals surface area contributed by atoms with Gasteiger partial charge in [-0.25, -0.2) is 4.68 Å². The Morgan fingerprint density at radius 3 is 2.41 bits per heavy atom. The van der Waals surface area contributed by atoms with Crippen LogP contribution in [0.4, 0.5) is 0 Å². The zero-order valence-electron chi connectivity index (χ0n) is 16.5. The molecule has 0 bridgehead atoms. The number of nitrogens with zero attached hydrogens (tertiary/aromatic N) is 4. The molecule has 4 rings (SSSR count). The molecular weight excluding hydrogens is 364 g/mol. The van der Waals surface area contributed by atoms with Gasteiger partial charge in [-0.1, -0.05) is 43.5 Å². The van der Waals surface area contributed by atoms with Crippen LogP contribution in [-0.2, 0) is 0 Å². The van der Waals surface area contributed by atoms with Crippen molar-refractivity contribution in [2.75, 3.05) is 13.2 Å². The summed E-state index contributed by atoms with van der Waals surface area (Å²) in [6.07, 6.45) is 11.5. The van der Waals surface area contributed by atoms with Gasteiger partial charge in [-0.15, -0.1) is 10.2 Å². The standard InChI is InChI=1S/C23H26N4O2/c1-2-6-19(7-3-1)20-10-12-22(13-11-20)28-14-15-29-23-9-5-4-8-21(23)16-26-27-17-24-25-18-27/h4-5,8-13,16-19H,1-3,6-7,14-15H2/b26-16+. The van der Waals surface area contributed by atoms with Crippen LogP contribution in [0.3, 0.4) is 0 Å². The van der Waals surface area contributed by atoms with Crippen molar-refractivity contribution < 1.29 is 9.47 Å². The molecule has 6 heteroatoms. The highest BCUT2D eigenvalue weighted by Crippen LogP contribution is 2.33. The Kier molecular flexibility index (Phi) is 6.53. The van der Waals surface area contributed by atoms with Gasteiger partial charge in [0.15, 0.2) is 0 Å². The molecule has 0 amide bonds. The van der Waals surface area contributed by atoms with E-state index in [2.05, 4.69) is 39.6 Å². The van der Waals surface area contributed by atoms with Gasteiger partial charge in [0, 0.05) is 5.56 Å². The van der Waals surface area contributed by atoms with Crippen LogP contribution in [0.1, 0.15) is 49.1 Å². The van der Waals surface area contributed by atoms with E-state index in [0.29, 0.717) is 13.2 Å². The zero-order chi connectivity index (χ0) is 19.7. The monoisotopic (exact) mass is 390 g/mol. The minimum atomic E-state index is 0.460. The van der Waals surface area contributed by atoms with Crippen LogP contribution in [-0.4, -0.2) is 34.3 Å². The smallest absolute Gasteiger partial charge is 0.141 e. The fraction of sp³-hybridized carbons (Fsp3) is 0.348. The third kappa shape index (κ3) is 5.44. The molecule has 0 aliphatic heterocycles. The van der Waals surface area contributed by atoms with Gasteiger partial charge >= 0.3 is 0 Å².